The zero-order chi connectivity index (χ0) is 23.7. The van der Waals surface area contributed by atoms with Crippen LogP contribution in [0, 0.1) is 5.82 Å². The molecular weight excluding hydrogens is 453 g/mol. The summed E-state index contributed by atoms with van der Waals surface area (Å²) in [4.78, 5) is 22.3. The molecule has 2 fully saturated rings. The van der Waals surface area contributed by atoms with Crippen LogP contribution >= 0.6 is 11.3 Å². The quantitative estimate of drug-likeness (QED) is 0.534. The number of carbonyl (C=O) groups excluding carboxylic acids is 1. The first-order valence-electron chi connectivity index (χ1n) is 12.2. The van der Waals surface area contributed by atoms with Gasteiger partial charge in [-0.2, -0.15) is 4.52 Å². The Morgan fingerprint density at radius 3 is 2.56 bits per heavy atom. The van der Waals surface area contributed by atoms with Gasteiger partial charge in [-0.1, -0.05) is 31.1 Å². The van der Waals surface area contributed by atoms with E-state index < -0.39 is 0 Å². The van der Waals surface area contributed by atoms with Gasteiger partial charge in [-0.25, -0.2) is 14.2 Å². The molecular formula is C24H32FN7OS. The highest BCUT2D eigenvalue weighted by atomic mass is 32.1. The van der Waals surface area contributed by atoms with Gasteiger partial charge in [0, 0.05) is 43.8 Å². The average Bonchev–Trinajstić information content (AvgIpc) is 3.58. The first kappa shape index (κ1) is 22.9. The normalized spacial score (nSPS) is 18.0. The summed E-state index contributed by atoms with van der Waals surface area (Å²) >= 11 is 1.55. The van der Waals surface area contributed by atoms with Crippen LogP contribution in [0.5, 0.6) is 0 Å². The van der Waals surface area contributed by atoms with Crippen molar-refractivity contribution in [1.29, 1.82) is 0 Å². The summed E-state index contributed by atoms with van der Waals surface area (Å²) in [6.45, 7) is 6.90. The van der Waals surface area contributed by atoms with Crippen LogP contribution in [0.1, 0.15) is 46.0 Å². The molecule has 1 atom stereocenters. The van der Waals surface area contributed by atoms with E-state index in [-0.39, 0.29) is 17.9 Å². The molecule has 34 heavy (non-hydrogen) atoms. The molecule has 8 nitrogen and oxygen atoms in total. The highest BCUT2D eigenvalue weighted by molar-refractivity contribution is 7.20. The van der Waals surface area contributed by atoms with Gasteiger partial charge >= 0.3 is 6.03 Å². The maximum Gasteiger partial charge on any atom is 0.317 e. The maximum absolute atomic E-state index is 13.5. The number of nitrogens with one attached hydrogen (secondary N) is 2. The van der Waals surface area contributed by atoms with Crippen molar-refractivity contribution in [1.82, 2.24) is 24.8 Å². The lowest BCUT2D eigenvalue weighted by Crippen LogP contribution is -2.53. The van der Waals surface area contributed by atoms with E-state index in [1.54, 1.807) is 23.5 Å². The number of aromatic nitrogens is 3. The van der Waals surface area contributed by atoms with Gasteiger partial charge in [-0.05, 0) is 50.5 Å². The number of fused-ring (bicyclic) bond motifs is 1. The van der Waals surface area contributed by atoms with Crippen molar-refractivity contribution in [2.45, 2.75) is 58.0 Å². The predicted molar refractivity (Wildman–Crippen MR) is 134 cm³/mol. The van der Waals surface area contributed by atoms with Gasteiger partial charge in [-0.15, -0.1) is 5.10 Å². The number of halogens is 1. The summed E-state index contributed by atoms with van der Waals surface area (Å²) in [5.74, 6) is 0.620. The number of benzene rings is 1. The number of hydrogen-bond acceptors (Lipinski definition) is 6. The van der Waals surface area contributed by atoms with Crippen LogP contribution in [0.4, 0.5) is 20.1 Å². The molecule has 1 saturated heterocycles. The van der Waals surface area contributed by atoms with Gasteiger partial charge in [0.2, 0.25) is 10.1 Å². The lowest BCUT2D eigenvalue weighted by Gasteiger charge is -2.34. The highest BCUT2D eigenvalue weighted by Crippen LogP contribution is 2.35. The molecule has 2 amide bonds. The monoisotopic (exact) mass is 485 g/mol. The third-order valence-corrected chi connectivity index (χ3v) is 7.80. The van der Waals surface area contributed by atoms with Crippen LogP contribution in [0.15, 0.2) is 24.3 Å². The lowest BCUT2D eigenvalue weighted by atomic mass is 10.1. The van der Waals surface area contributed by atoms with E-state index >= 15 is 0 Å². The summed E-state index contributed by atoms with van der Waals surface area (Å²) in [6, 6.07) is 7.07. The third kappa shape index (κ3) is 4.68. The van der Waals surface area contributed by atoms with Crippen LogP contribution in [0.25, 0.3) is 16.2 Å². The fraction of sp³-hybridized carbons (Fsp3) is 0.542. The summed E-state index contributed by atoms with van der Waals surface area (Å²) in [6.07, 6.45) is 5.63. The average molecular weight is 486 g/mol. The summed E-state index contributed by atoms with van der Waals surface area (Å²) in [5.41, 5.74) is 1.69. The van der Waals surface area contributed by atoms with Crippen molar-refractivity contribution in [3.05, 3.63) is 30.1 Å². The fourth-order valence-electron chi connectivity index (χ4n) is 4.57. The van der Waals surface area contributed by atoms with Crippen LogP contribution < -0.4 is 15.5 Å². The van der Waals surface area contributed by atoms with Gasteiger partial charge in [0.25, 0.3) is 0 Å². The molecule has 1 aliphatic heterocycles. The molecule has 2 aromatic heterocycles. The van der Waals surface area contributed by atoms with E-state index in [1.807, 2.05) is 16.3 Å². The zero-order valence-electron chi connectivity index (χ0n) is 19.8. The van der Waals surface area contributed by atoms with Crippen molar-refractivity contribution in [2.24, 2.45) is 0 Å². The number of imidazole rings is 1. The van der Waals surface area contributed by atoms with Gasteiger partial charge in [0.1, 0.15) is 11.5 Å². The van der Waals surface area contributed by atoms with E-state index in [4.69, 9.17) is 10.1 Å². The van der Waals surface area contributed by atoms with E-state index in [9.17, 15) is 9.18 Å². The first-order chi connectivity index (χ1) is 16.5. The van der Waals surface area contributed by atoms with E-state index in [0.29, 0.717) is 19.1 Å². The number of hydrogen-bond donors (Lipinski definition) is 2. The highest BCUT2D eigenvalue weighted by Gasteiger charge is 2.27. The Morgan fingerprint density at radius 2 is 1.88 bits per heavy atom. The Kier molecular flexibility index (Phi) is 6.58. The molecule has 10 heteroatoms. The molecule has 1 saturated carbocycles. The summed E-state index contributed by atoms with van der Waals surface area (Å²) < 4.78 is 15.4. The number of rotatable bonds is 6. The molecule has 1 aromatic carbocycles. The Labute approximate surface area is 203 Å². The Bertz CT molecular complexity index is 1130. The zero-order valence-corrected chi connectivity index (χ0v) is 20.6. The molecule has 0 radical (unpaired) electrons. The van der Waals surface area contributed by atoms with Crippen LogP contribution in [-0.4, -0.2) is 63.8 Å². The van der Waals surface area contributed by atoms with E-state index in [2.05, 4.69) is 22.5 Å². The molecule has 2 N–H and O–H groups in total. The predicted octanol–water partition coefficient (Wildman–Crippen LogP) is 4.58. The molecule has 0 bridgehead atoms. The first-order valence-corrected chi connectivity index (χ1v) is 13.1. The molecule has 3 heterocycles. The number of anilines is 2. The largest absolute Gasteiger partial charge is 0.365 e. The minimum atomic E-state index is -0.257. The van der Waals surface area contributed by atoms with Gasteiger partial charge in [0.05, 0.1) is 0 Å². The molecule has 0 spiro atoms. The van der Waals surface area contributed by atoms with E-state index in [0.717, 1.165) is 59.5 Å². The van der Waals surface area contributed by atoms with Crippen molar-refractivity contribution >= 4 is 33.3 Å². The smallest absolute Gasteiger partial charge is 0.317 e. The third-order valence-electron chi connectivity index (χ3n) is 6.83. The second-order valence-electron chi connectivity index (χ2n) is 9.25. The molecule has 182 valence electrons. The summed E-state index contributed by atoms with van der Waals surface area (Å²) in [5, 5.41) is 12.6. The Hall–Kier alpha value is -2.88. The molecule has 0 unspecified atom stereocenters. The van der Waals surface area contributed by atoms with Gasteiger partial charge in [-0.3, -0.25) is 0 Å². The molecule has 5 rings (SSSR count). The maximum atomic E-state index is 13.5. The Morgan fingerprint density at radius 1 is 1.18 bits per heavy atom. The van der Waals surface area contributed by atoms with Crippen molar-refractivity contribution < 1.29 is 9.18 Å². The van der Waals surface area contributed by atoms with E-state index in [1.165, 1.54) is 25.0 Å². The van der Waals surface area contributed by atoms with Crippen molar-refractivity contribution in [3.63, 3.8) is 0 Å². The van der Waals surface area contributed by atoms with Crippen molar-refractivity contribution in [2.75, 3.05) is 36.4 Å². The second-order valence-corrected chi connectivity index (χ2v) is 10.2. The number of urea groups is 1. The van der Waals surface area contributed by atoms with Gasteiger partial charge < -0.3 is 20.4 Å². The number of amides is 2. The van der Waals surface area contributed by atoms with Crippen LogP contribution in [-0.2, 0) is 0 Å². The number of piperazine rings is 1. The minimum absolute atomic E-state index is 0.00920. The Balaban J connectivity index is 1.36. The standard InChI is InChI=1S/C24H32FN7OS/c1-3-16(2)26-22(33)30-12-14-31(15-13-30)24-29-32-21(27-19-6-4-5-7-19)20(28-23(32)34-24)17-8-10-18(25)11-9-17/h8-11,16,19,27H,3-7,12-15H2,1-2H3,(H,26,33)/t16-/m1/s1. The number of carbonyl (C=O) groups is 1. The minimum Gasteiger partial charge on any atom is -0.365 e. The van der Waals surface area contributed by atoms with Crippen LogP contribution in [0.2, 0.25) is 0 Å². The number of nitrogens with zero attached hydrogens (tertiary/aromatic N) is 5. The van der Waals surface area contributed by atoms with Crippen molar-refractivity contribution in [3.8, 4) is 11.3 Å². The topological polar surface area (TPSA) is 77.8 Å². The van der Waals surface area contributed by atoms with Crippen LogP contribution in [0.3, 0.4) is 0 Å². The van der Waals surface area contributed by atoms with Gasteiger partial charge in [0.15, 0.2) is 5.82 Å². The molecule has 2 aliphatic rings. The second kappa shape index (κ2) is 9.77. The molecule has 1 aliphatic carbocycles. The SMILES string of the molecule is CC[C@@H](C)NC(=O)N1CCN(c2nn3c(NC4CCCC4)c(-c4ccc(F)cc4)nc3s2)CC1. The lowest BCUT2D eigenvalue weighted by molar-refractivity contribution is 0.190. The summed E-state index contributed by atoms with van der Waals surface area (Å²) in [7, 11) is 0. The molecule has 3 aromatic rings. The fourth-order valence-corrected chi connectivity index (χ4v) is 5.53.